The maximum absolute atomic E-state index is 13.0. The molecule has 0 fully saturated rings. The van der Waals surface area contributed by atoms with Crippen LogP contribution in [-0.4, -0.2) is 52.7 Å². The summed E-state index contributed by atoms with van der Waals surface area (Å²) in [5, 5.41) is 4.71. The number of carbonyl (C=O) groups excluding carboxylic acids is 1. The van der Waals surface area contributed by atoms with E-state index in [1.54, 1.807) is 19.0 Å². The smallest absolute Gasteiger partial charge is 0.271 e. The van der Waals surface area contributed by atoms with Crippen LogP contribution in [0.15, 0.2) is 24.3 Å². The minimum atomic E-state index is -0.202. The lowest BCUT2D eigenvalue weighted by atomic mass is 10.0. The summed E-state index contributed by atoms with van der Waals surface area (Å²) < 4.78 is 14.9. The van der Waals surface area contributed by atoms with Crippen molar-refractivity contribution in [3.05, 3.63) is 52.6 Å². The molecule has 26 heavy (non-hydrogen) atoms. The van der Waals surface area contributed by atoms with Crippen molar-refractivity contribution in [3.8, 4) is 0 Å². The highest BCUT2D eigenvalue weighted by Crippen LogP contribution is 2.24. The van der Waals surface area contributed by atoms with Crippen LogP contribution in [0.5, 0.6) is 0 Å². The number of halogens is 1. The van der Waals surface area contributed by atoms with Gasteiger partial charge in [0.25, 0.3) is 5.91 Å². The molecule has 0 saturated heterocycles. The van der Waals surface area contributed by atoms with Crippen molar-refractivity contribution < 1.29 is 9.18 Å². The predicted octanol–water partition coefficient (Wildman–Crippen LogP) is 2.73. The second-order valence-electron chi connectivity index (χ2n) is 7.10. The molecule has 1 amide bonds. The molecule has 0 bridgehead atoms. The van der Waals surface area contributed by atoms with Gasteiger partial charge in [0.2, 0.25) is 0 Å². The number of amides is 1. The summed E-state index contributed by atoms with van der Waals surface area (Å²) in [6, 6.07) is 6.69. The molecule has 0 N–H and O–H groups in total. The van der Waals surface area contributed by atoms with E-state index in [0.717, 1.165) is 68.0 Å². The summed E-state index contributed by atoms with van der Waals surface area (Å²) >= 11 is 0. The lowest BCUT2D eigenvalue weighted by molar-refractivity contribution is 0.0812. The molecule has 5 nitrogen and oxygen atoms in total. The Hall–Kier alpha value is -2.21. The number of rotatable bonds is 6. The third-order valence-corrected chi connectivity index (χ3v) is 4.85. The molecule has 0 unspecified atom stereocenters. The Morgan fingerprint density at radius 2 is 1.96 bits per heavy atom. The number of carbonyl (C=O) groups is 1. The quantitative estimate of drug-likeness (QED) is 0.797. The van der Waals surface area contributed by atoms with Gasteiger partial charge in [-0.2, -0.15) is 5.10 Å². The molecule has 1 aromatic carbocycles. The second-order valence-corrected chi connectivity index (χ2v) is 7.10. The fourth-order valence-corrected chi connectivity index (χ4v) is 3.44. The van der Waals surface area contributed by atoms with E-state index in [1.165, 1.54) is 12.1 Å². The molecule has 0 spiro atoms. The van der Waals surface area contributed by atoms with Gasteiger partial charge in [-0.25, -0.2) is 4.39 Å². The van der Waals surface area contributed by atoms with Gasteiger partial charge in [0.15, 0.2) is 0 Å². The molecule has 3 rings (SSSR count). The SMILES string of the molecule is CCCn1nc2c(c1C(=O)N(C)C)CN(CCc1ccc(F)cc1)CC2. The van der Waals surface area contributed by atoms with Crippen LogP contribution >= 0.6 is 0 Å². The van der Waals surface area contributed by atoms with Gasteiger partial charge in [0.1, 0.15) is 11.5 Å². The van der Waals surface area contributed by atoms with Gasteiger partial charge in [-0.1, -0.05) is 19.1 Å². The molecule has 0 aliphatic carbocycles. The van der Waals surface area contributed by atoms with Crippen LogP contribution in [0.1, 0.15) is 40.7 Å². The molecule has 2 heterocycles. The third-order valence-electron chi connectivity index (χ3n) is 4.85. The molecule has 2 aromatic rings. The second kappa shape index (κ2) is 7.99. The largest absolute Gasteiger partial charge is 0.343 e. The van der Waals surface area contributed by atoms with Gasteiger partial charge in [0.05, 0.1) is 5.69 Å². The van der Waals surface area contributed by atoms with E-state index in [-0.39, 0.29) is 11.7 Å². The van der Waals surface area contributed by atoms with E-state index in [0.29, 0.717) is 0 Å². The molecular weight excluding hydrogens is 331 g/mol. The number of aromatic nitrogens is 2. The van der Waals surface area contributed by atoms with Crippen molar-refractivity contribution in [3.63, 3.8) is 0 Å². The molecular formula is C20H27FN4O. The molecule has 1 aliphatic heterocycles. The first kappa shape index (κ1) is 18.6. The molecule has 0 radical (unpaired) electrons. The lowest BCUT2D eigenvalue weighted by Gasteiger charge is -2.27. The molecule has 1 aromatic heterocycles. The van der Waals surface area contributed by atoms with Gasteiger partial charge < -0.3 is 4.90 Å². The number of fused-ring (bicyclic) bond motifs is 1. The molecule has 0 atom stereocenters. The summed E-state index contributed by atoms with van der Waals surface area (Å²) in [5.41, 5.74) is 3.99. The fourth-order valence-electron chi connectivity index (χ4n) is 3.44. The van der Waals surface area contributed by atoms with Crippen molar-refractivity contribution in [2.24, 2.45) is 0 Å². The minimum Gasteiger partial charge on any atom is -0.343 e. The van der Waals surface area contributed by atoms with Crippen molar-refractivity contribution in [1.82, 2.24) is 19.6 Å². The van der Waals surface area contributed by atoms with Gasteiger partial charge >= 0.3 is 0 Å². The normalized spacial score (nSPS) is 14.3. The standard InChI is InChI=1S/C20H27FN4O/c1-4-11-25-19(20(26)23(2)3)17-14-24(13-10-18(17)22-25)12-9-15-5-7-16(21)8-6-15/h5-8H,4,9-14H2,1-3H3. The van der Waals surface area contributed by atoms with E-state index in [2.05, 4.69) is 11.8 Å². The third kappa shape index (κ3) is 3.96. The van der Waals surface area contributed by atoms with Crippen molar-refractivity contribution in [1.29, 1.82) is 0 Å². The fraction of sp³-hybridized carbons (Fsp3) is 0.500. The van der Waals surface area contributed by atoms with Crippen LogP contribution in [0.4, 0.5) is 4.39 Å². The zero-order chi connectivity index (χ0) is 18.7. The van der Waals surface area contributed by atoms with Crippen molar-refractivity contribution >= 4 is 5.91 Å². The van der Waals surface area contributed by atoms with E-state index in [9.17, 15) is 9.18 Å². The lowest BCUT2D eigenvalue weighted by Crippen LogP contribution is -2.33. The van der Waals surface area contributed by atoms with E-state index in [4.69, 9.17) is 5.10 Å². The van der Waals surface area contributed by atoms with Crippen LogP contribution in [0.3, 0.4) is 0 Å². The Labute approximate surface area is 154 Å². The molecule has 1 aliphatic rings. The Morgan fingerprint density at radius 1 is 1.23 bits per heavy atom. The van der Waals surface area contributed by atoms with Crippen molar-refractivity contribution in [2.45, 2.75) is 39.3 Å². The first-order valence-electron chi connectivity index (χ1n) is 9.26. The number of benzene rings is 1. The average Bonchev–Trinajstić information content (AvgIpc) is 2.98. The Balaban J connectivity index is 1.75. The van der Waals surface area contributed by atoms with E-state index < -0.39 is 0 Å². The highest BCUT2D eigenvalue weighted by Gasteiger charge is 2.28. The van der Waals surface area contributed by atoms with E-state index in [1.807, 2.05) is 16.8 Å². The molecule has 140 valence electrons. The summed E-state index contributed by atoms with van der Waals surface area (Å²) in [6.07, 6.45) is 2.68. The van der Waals surface area contributed by atoms with Gasteiger partial charge in [-0.05, 0) is 30.5 Å². The monoisotopic (exact) mass is 358 g/mol. The average molecular weight is 358 g/mol. The summed E-state index contributed by atoms with van der Waals surface area (Å²) in [7, 11) is 3.57. The highest BCUT2D eigenvalue weighted by molar-refractivity contribution is 5.94. The maximum Gasteiger partial charge on any atom is 0.271 e. The number of hydrogen-bond acceptors (Lipinski definition) is 3. The summed E-state index contributed by atoms with van der Waals surface area (Å²) in [4.78, 5) is 16.7. The van der Waals surface area contributed by atoms with Crippen LogP contribution in [0, 0.1) is 5.82 Å². The number of hydrogen-bond donors (Lipinski definition) is 0. The van der Waals surface area contributed by atoms with Crippen LogP contribution in [-0.2, 0) is 25.9 Å². The van der Waals surface area contributed by atoms with Crippen LogP contribution in [0.2, 0.25) is 0 Å². The van der Waals surface area contributed by atoms with Gasteiger partial charge in [-0.3, -0.25) is 14.4 Å². The Bertz CT molecular complexity index is 767. The maximum atomic E-state index is 13.0. The number of nitrogens with zero attached hydrogens (tertiary/aromatic N) is 4. The molecule has 0 saturated carbocycles. The highest BCUT2D eigenvalue weighted by atomic mass is 19.1. The summed E-state index contributed by atoms with van der Waals surface area (Å²) in [6.45, 7) is 5.43. The Kier molecular flexibility index (Phi) is 5.71. The van der Waals surface area contributed by atoms with Crippen LogP contribution in [0.25, 0.3) is 0 Å². The first-order valence-corrected chi connectivity index (χ1v) is 9.26. The molecule has 6 heteroatoms. The first-order chi connectivity index (χ1) is 12.5. The topological polar surface area (TPSA) is 41.4 Å². The zero-order valence-corrected chi connectivity index (χ0v) is 15.8. The van der Waals surface area contributed by atoms with E-state index >= 15 is 0 Å². The summed E-state index contributed by atoms with van der Waals surface area (Å²) in [5.74, 6) is -0.181. The zero-order valence-electron chi connectivity index (χ0n) is 15.8. The Morgan fingerprint density at radius 3 is 2.62 bits per heavy atom. The van der Waals surface area contributed by atoms with Gasteiger partial charge in [-0.15, -0.1) is 0 Å². The van der Waals surface area contributed by atoms with Crippen LogP contribution < -0.4 is 0 Å². The minimum absolute atomic E-state index is 0.0209. The predicted molar refractivity (Wildman–Crippen MR) is 99.6 cm³/mol. The number of aryl methyl sites for hydroxylation is 1. The van der Waals surface area contributed by atoms with Gasteiger partial charge in [0, 0.05) is 52.3 Å². The van der Waals surface area contributed by atoms with Crippen molar-refractivity contribution in [2.75, 3.05) is 27.2 Å².